The van der Waals surface area contributed by atoms with Gasteiger partial charge in [0.15, 0.2) is 0 Å². The monoisotopic (exact) mass is 160 g/mol. The van der Waals surface area contributed by atoms with Gasteiger partial charge in [-0.2, -0.15) is 23.5 Å². The van der Waals surface area contributed by atoms with E-state index in [4.69, 9.17) is 0 Å². The fourth-order valence-corrected chi connectivity index (χ4v) is 2.82. The average molecular weight is 160 g/mol. The van der Waals surface area contributed by atoms with Crippen LogP contribution in [0.15, 0.2) is 12.2 Å². The van der Waals surface area contributed by atoms with Crippen LogP contribution in [0.4, 0.5) is 0 Å². The average Bonchev–Trinajstić information content (AvgIpc) is 1.79. The molecule has 1 aliphatic heterocycles. The van der Waals surface area contributed by atoms with Crippen molar-refractivity contribution in [3.63, 3.8) is 0 Å². The topological polar surface area (TPSA) is 0 Å². The summed E-state index contributed by atoms with van der Waals surface area (Å²) in [6.07, 6.45) is 1.38. The van der Waals surface area contributed by atoms with Crippen molar-refractivity contribution in [2.45, 2.75) is 6.42 Å². The second kappa shape index (κ2) is 4.29. The Morgan fingerprint density at radius 2 is 1.67 bits per heavy atom. The van der Waals surface area contributed by atoms with Crippen molar-refractivity contribution in [3.05, 3.63) is 12.2 Å². The second-order valence-electron chi connectivity index (χ2n) is 2.21. The Balaban J connectivity index is 2.20. The van der Waals surface area contributed by atoms with Gasteiger partial charge in [0, 0.05) is 11.5 Å². The Labute approximate surface area is 65.5 Å². The molecule has 1 aliphatic rings. The van der Waals surface area contributed by atoms with E-state index in [2.05, 4.69) is 6.58 Å². The van der Waals surface area contributed by atoms with E-state index in [1.165, 1.54) is 35.0 Å². The Hall–Kier alpha value is 0.440. The molecule has 1 fully saturated rings. The minimum atomic E-state index is 1.19. The minimum absolute atomic E-state index is 1.19. The molecule has 1 saturated heterocycles. The molecule has 0 spiro atoms. The highest BCUT2D eigenvalue weighted by atomic mass is 32.2. The Morgan fingerprint density at radius 1 is 1.11 bits per heavy atom. The molecule has 0 bridgehead atoms. The highest BCUT2D eigenvalue weighted by molar-refractivity contribution is 8.01. The first-order valence-electron chi connectivity index (χ1n) is 3.22. The zero-order chi connectivity index (χ0) is 6.53. The Kier molecular flexibility index (Phi) is 3.59. The van der Waals surface area contributed by atoms with Crippen LogP contribution in [-0.4, -0.2) is 23.0 Å². The highest BCUT2D eigenvalue weighted by Crippen LogP contribution is 2.18. The summed E-state index contributed by atoms with van der Waals surface area (Å²) in [5.41, 5.74) is 1.41. The van der Waals surface area contributed by atoms with Gasteiger partial charge in [-0.05, 0) is 17.9 Å². The molecule has 0 aliphatic carbocycles. The maximum atomic E-state index is 3.97. The molecule has 0 atom stereocenters. The van der Waals surface area contributed by atoms with Gasteiger partial charge in [0.05, 0.1) is 0 Å². The first-order chi connectivity index (χ1) is 4.39. The van der Waals surface area contributed by atoms with E-state index in [9.17, 15) is 0 Å². The number of thioether (sulfide) groups is 2. The molecule has 1 rings (SSSR count). The summed E-state index contributed by atoms with van der Waals surface area (Å²) in [5.74, 6) is 5.03. The van der Waals surface area contributed by atoms with Crippen LogP contribution >= 0.6 is 23.5 Å². The Morgan fingerprint density at radius 3 is 2.22 bits per heavy atom. The molecule has 0 aromatic carbocycles. The van der Waals surface area contributed by atoms with E-state index < -0.39 is 0 Å². The summed E-state index contributed by atoms with van der Waals surface area (Å²) in [7, 11) is 0. The summed E-state index contributed by atoms with van der Waals surface area (Å²) in [6, 6.07) is 0. The van der Waals surface area contributed by atoms with E-state index >= 15 is 0 Å². The van der Waals surface area contributed by atoms with Crippen LogP contribution in [0.25, 0.3) is 0 Å². The van der Waals surface area contributed by atoms with E-state index in [-0.39, 0.29) is 0 Å². The van der Waals surface area contributed by atoms with Crippen molar-refractivity contribution >= 4 is 23.5 Å². The molecule has 2 heteroatoms. The molecule has 0 radical (unpaired) electrons. The second-order valence-corrected chi connectivity index (χ2v) is 4.42. The van der Waals surface area contributed by atoms with Crippen molar-refractivity contribution in [2.24, 2.45) is 0 Å². The molecule has 0 nitrogen and oxygen atoms in total. The molecule has 1 heterocycles. The molecule has 0 amide bonds. The summed E-state index contributed by atoms with van der Waals surface area (Å²) in [4.78, 5) is 0. The van der Waals surface area contributed by atoms with Crippen LogP contribution in [0.2, 0.25) is 0 Å². The molecule has 52 valence electrons. The first-order valence-corrected chi connectivity index (χ1v) is 5.52. The van der Waals surface area contributed by atoms with Gasteiger partial charge < -0.3 is 0 Å². The SMILES string of the molecule is C=C1CSCCCSC1. The van der Waals surface area contributed by atoms with Gasteiger partial charge in [-0.3, -0.25) is 0 Å². The number of hydrogen-bond donors (Lipinski definition) is 0. The van der Waals surface area contributed by atoms with E-state index in [0.29, 0.717) is 0 Å². The van der Waals surface area contributed by atoms with Crippen LogP contribution in [0.1, 0.15) is 6.42 Å². The minimum Gasteiger partial charge on any atom is -0.158 e. The van der Waals surface area contributed by atoms with Gasteiger partial charge in [0.2, 0.25) is 0 Å². The summed E-state index contributed by atoms with van der Waals surface area (Å²) < 4.78 is 0. The molecule has 0 N–H and O–H groups in total. The highest BCUT2D eigenvalue weighted by Gasteiger charge is 1.99. The van der Waals surface area contributed by atoms with Crippen LogP contribution in [0, 0.1) is 0 Å². The molecule has 0 aromatic heterocycles. The lowest BCUT2D eigenvalue weighted by Gasteiger charge is -2.09. The third-order valence-corrected chi connectivity index (χ3v) is 3.57. The normalized spacial score (nSPS) is 22.9. The van der Waals surface area contributed by atoms with Crippen molar-refractivity contribution in [2.75, 3.05) is 23.0 Å². The van der Waals surface area contributed by atoms with E-state index in [1.54, 1.807) is 0 Å². The van der Waals surface area contributed by atoms with Crippen LogP contribution in [-0.2, 0) is 0 Å². The summed E-state index contributed by atoms with van der Waals surface area (Å²) in [6.45, 7) is 3.97. The summed E-state index contributed by atoms with van der Waals surface area (Å²) in [5, 5.41) is 0. The number of hydrogen-bond acceptors (Lipinski definition) is 2. The predicted octanol–water partition coefficient (Wildman–Crippen LogP) is 2.41. The molecule has 0 aromatic rings. The van der Waals surface area contributed by atoms with Crippen LogP contribution < -0.4 is 0 Å². The van der Waals surface area contributed by atoms with Crippen molar-refractivity contribution < 1.29 is 0 Å². The maximum absolute atomic E-state index is 3.97. The van der Waals surface area contributed by atoms with Gasteiger partial charge in [-0.25, -0.2) is 0 Å². The molecule has 0 saturated carbocycles. The molecular formula is C7H12S2. The standard InChI is InChI=1S/C7H12S2/c1-7-5-8-3-2-4-9-6-7/h1-6H2. The van der Waals surface area contributed by atoms with Crippen molar-refractivity contribution in [3.8, 4) is 0 Å². The third-order valence-electron chi connectivity index (χ3n) is 1.19. The fraction of sp³-hybridized carbons (Fsp3) is 0.714. The molecular weight excluding hydrogens is 148 g/mol. The third kappa shape index (κ3) is 3.21. The van der Waals surface area contributed by atoms with E-state index in [1.807, 2.05) is 23.5 Å². The van der Waals surface area contributed by atoms with E-state index in [0.717, 1.165) is 0 Å². The lowest BCUT2D eigenvalue weighted by atomic mass is 10.4. The number of rotatable bonds is 0. The smallest absolute Gasteiger partial charge is 0.0148 e. The van der Waals surface area contributed by atoms with Gasteiger partial charge in [-0.15, -0.1) is 0 Å². The maximum Gasteiger partial charge on any atom is 0.0148 e. The van der Waals surface area contributed by atoms with Gasteiger partial charge in [-0.1, -0.05) is 12.2 Å². The Bertz CT molecular complexity index is 89.1. The van der Waals surface area contributed by atoms with Gasteiger partial charge >= 0.3 is 0 Å². The largest absolute Gasteiger partial charge is 0.158 e. The predicted molar refractivity (Wildman–Crippen MR) is 48.4 cm³/mol. The van der Waals surface area contributed by atoms with Crippen molar-refractivity contribution in [1.29, 1.82) is 0 Å². The lowest BCUT2D eigenvalue weighted by Crippen LogP contribution is -1.97. The van der Waals surface area contributed by atoms with Crippen LogP contribution in [0.5, 0.6) is 0 Å². The first kappa shape index (κ1) is 7.55. The quantitative estimate of drug-likeness (QED) is 0.499. The van der Waals surface area contributed by atoms with Crippen molar-refractivity contribution in [1.82, 2.24) is 0 Å². The summed E-state index contributed by atoms with van der Waals surface area (Å²) >= 11 is 4.05. The lowest BCUT2D eigenvalue weighted by molar-refractivity contribution is 1.12. The molecule has 9 heavy (non-hydrogen) atoms. The van der Waals surface area contributed by atoms with Gasteiger partial charge in [0.1, 0.15) is 0 Å². The zero-order valence-electron chi connectivity index (χ0n) is 5.56. The fourth-order valence-electron chi connectivity index (χ4n) is 0.738. The van der Waals surface area contributed by atoms with Crippen LogP contribution in [0.3, 0.4) is 0 Å². The molecule has 0 unspecified atom stereocenters. The zero-order valence-corrected chi connectivity index (χ0v) is 7.19. The van der Waals surface area contributed by atoms with Gasteiger partial charge in [0.25, 0.3) is 0 Å².